The number of likely N-dealkylation sites (N-methyl/N-ethyl adjacent to an activating group) is 1. The maximum absolute atomic E-state index is 12.2. The highest BCUT2D eigenvalue weighted by Gasteiger charge is 2.20. The summed E-state index contributed by atoms with van der Waals surface area (Å²) in [5.74, 6) is 0.836. The molecule has 0 saturated heterocycles. The molecule has 21 heavy (non-hydrogen) atoms. The van der Waals surface area contributed by atoms with E-state index >= 15 is 0 Å². The summed E-state index contributed by atoms with van der Waals surface area (Å²) in [6.45, 7) is 6.95. The number of nitrogens with one attached hydrogen (secondary N) is 1. The van der Waals surface area contributed by atoms with Crippen LogP contribution in [0.25, 0.3) is 0 Å². The molecule has 2 aromatic heterocycles. The number of aromatic nitrogens is 1. The lowest BCUT2D eigenvalue weighted by Gasteiger charge is -2.23. The van der Waals surface area contributed by atoms with Gasteiger partial charge in [0, 0.05) is 17.0 Å². The summed E-state index contributed by atoms with van der Waals surface area (Å²) in [4.78, 5) is 15.3. The molecule has 0 radical (unpaired) electrons. The first kappa shape index (κ1) is 15.7. The zero-order valence-electron chi connectivity index (χ0n) is 12.8. The third-order valence-corrected chi connectivity index (χ3v) is 4.52. The molecule has 114 valence electrons. The normalized spacial score (nSPS) is 12.6. The number of hydrogen-bond acceptors (Lipinski definition) is 5. The second-order valence-electron chi connectivity index (χ2n) is 5.19. The predicted octanol–water partition coefficient (Wildman–Crippen LogP) is 2.49. The summed E-state index contributed by atoms with van der Waals surface area (Å²) in [6.07, 6.45) is 0. The Morgan fingerprint density at radius 3 is 2.86 bits per heavy atom. The van der Waals surface area contributed by atoms with E-state index in [1.165, 1.54) is 0 Å². The van der Waals surface area contributed by atoms with Crippen LogP contribution in [0.2, 0.25) is 0 Å². The van der Waals surface area contributed by atoms with E-state index in [2.05, 4.69) is 10.5 Å². The highest BCUT2D eigenvalue weighted by atomic mass is 32.1. The average Bonchev–Trinajstić information content (AvgIpc) is 3.09. The molecule has 5 nitrogen and oxygen atoms in total. The molecule has 0 aromatic carbocycles. The summed E-state index contributed by atoms with van der Waals surface area (Å²) in [7, 11) is 1.93. The SMILES string of the molecule is Cc1noc(C)c1CN(C)[C@@H](C)C(=O)NCc1cccs1. The van der Waals surface area contributed by atoms with Gasteiger partial charge in [-0.3, -0.25) is 9.69 Å². The first-order chi connectivity index (χ1) is 9.99. The number of thiophene rings is 1. The lowest BCUT2D eigenvalue weighted by Crippen LogP contribution is -2.42. The molecule has 0 aliphatic carbocycles. The molecule has 0 aliphatic rings. The standard InChI is InChI=1S/C15H21N3O2S/c1-10-14(12(3)20-17-10)9-18(4)11(2)15(19)16-8-13-6-5-7-21-13/h5-7,11H,8-9H2,1-4H3,(H,16,19)/t11-/m0/s1. The van der Waals surface area contributed by atoms with Gasteiger partial charge >= 0.3 is 0 Å². The summed E-state index contributed by atoms with van der Waals surface area (Å²) in [5.41, 5.74) is 1.93. The fourth-order valence-electron chi connectivity index (χ4n) is 2.05. The summed E-state index contributed by atoms with van der Waals surface area (Å²) in [5, 5.41) is 8.92. The molecule has 0 saturated carbocycles. The molecular formula is C15H21N3O2S. The summed E-state index contributed by atoms with van der Waals surface area (Å²) in [6, 6.07) is 3.79. The van der Waals surface area contributed by atoms with Gasteiger partial charge in [-0.25, -0.2) is 0 Å². The van der Waals surface area contributed by atoms with Crippen molar-refractivity contribution in [3.8, 4) is 0 Å². The van der Waals surface area contributed by atoms with Crippen molar-refractivity contribution in [2.45, 2.75) is 39.9 Å². The van der Waals surface area contributed by atoms with Gasteiger partial charge in [-0.15, -0.1) is 11.3 Å². The smallest absolute Gasteiger partial charge is 0.237 e. The van der Waals surface area contributed by atoms with Crippen LogP contribution in [0.1, 0.15) is 28.8 Å². The van der Waals surface area contributed by atoms with Gasteiger partial charge < -0.3 is 9.84 Å². The third-order valence-electron chi connectivity index (χ3n) is 3.65. The number of rotatable bonds is 6. The minimum atomic E-state index is -0.210. The van der Waals surface area contributed by atoms with Crippen LogP contribution in [-0.2, 0) is 17.9 Å². The molecule has 1 amide bonds. The topological polar surface area (TPSA) is 58.4 Å². The van der Waals surface area contributed by atoms with Crippen molar-refractivity contribution >= 4 is 17.2 Å². The molecule has 0 spiro atoms. The lowest BCUT2D eigenvalue weighted by molar-refractivity contribution is -0.125. The molecular weight excluding hydrogens is 286 g/mol. The number of nitrogens with zero attached hydrogens (tertiary/aromatic N) is 2. The van der Waals surface area contributed by atoms with Gasteiger partial charge in [0.05, 0.1) is 18.3 Å². The second-order valence-corrected chi connectivity index (χ2v) is 6.22. The van der Waals surface area contributed by atoms with E-state index in [0.717, 1.165) is 21.9 Å². The van der Waals surface area contributed by atoms with Gasteiger partial charge in [-0.05, 0) is 39.3 Å². The Morgan fingerprint density at radius 1 is 1.52 bits per heavy atom. The van der Waals surface area contributed by atoms with Gasteiger partial charge in [0.2, 0.25) is 5.91 Å². The first-order valence-corrected chi connectivity index (χ1v) is 7.79. The van der Waals surface area contributed by atoms with E-state index in [1.54, 1.807) is 11.3 Å². The monoisotopic (exact) mass is 307 g/mol. The molecule has 0 bridgehead atoms. The fraction of sp³-hybridized carbons (Fsp3) is 0.467. The van der Waals surface area contributed by atoms with Gasteiger partial charge in [0.15, 0.2) is 0 Å². The van der Waals surface area contributed by atoms with Gasteiger partial charge in [0.25, 0.3) is 0 Å². The molecule has 1 N–H and O–H groups in total. The lowest BCUT2D eigenvalue weighted by atomic mass is 10.1. The minimum absolute atomic E-state index is 0.0256. The Labute approximate surface area is 128 Å². The van der Waals surface area contributed by atoms with Crippen LogP contribution in [0.15, 0.2) is 22.0 Å². The molecule has 2 rings (SSSR count). The van der Waals surface area contributed by atoms with Crippen molar-refractivity contribution < 1.29 is 9.32 Å². The van der Waals surface area contributed by atoms with Crippen molar-refractivity contribution in [1.29, 1.82) is 0 Å². The van der Waals surface area contributed by atoms with E-state index in [4.69, 9.17) is 4.52 Å². The number of hydrogen-bond donors (Lipinski definition) is 1. The van der Waals surface area contributed by atoms with Crippen molar-refractivity contribution in [3.63, 3.8) is 0 Å². The Bertz CT molecular complexity index is 573. The van der Waals surface area contributed by atoms with E-state index in [-0.39, 0.29) is 11.9 Å². The number of amides is 1. The molecule has 0 fully saturated rings. The quantitative estimate of drug-likeness (QED) is 0.891. The van der Waals surface area contributed by atoms with Crippen LogP contribution < -0.4 is 5.32 Å². The fourth-order valence-corrected chi connectivity index (χ4v) is 2.69. The summed E-state index contributed by atoms with van der Waals surface area (Å²) < 4.78 is 5.16. The summed E-state index contributed by atoms with van der Waals surface area (Å²) >= 11 is 1.64. The van der Waals surface area contributed by atoms with Crippen molar-refractivity contribution in [1.82, 2.24) is 15.4 Å². The van der Waals surface area contributed by atoms with Crippen molar-refractivity contribution in [2.75, 3.05) is 7.05 Å². The molecule has 2 heterocycles. The number of carbonyl (C=O) groups excluding carboxylic acids is 1. The average molecular weight is 307 g/mol. The van der Waals surface area contributed by atoms with Crippen LogP contribution in [-0.4, -0.2) is 29.1 Å². The molecule has 6 heteroatoms. The second kappa shape index (κ2) is 6.87. The van der Waals surface area contributed by atoms with Crippen LogP contribution in [0.4, 0.5) is 0 Å². The van der Waals surface area contributed by atoms with Crippen LogP contribution in [0.5, 0.6) is 0 Å². The predicted molar refractivity (Wildman–Crippen MR) is 83.1 cm³/mol. The zero-order chi connectivity index (χ0) is 15.4. The van der Waals surface area contributed by atoms with Gasteiger partial charge in [-0.2, -0.15) is 0 Å². The maximum atomic E-state index is 12.2. The first-order valence-electron chi connectivity index (χ1n) is 6.91. The van der Waals surface area contributed by atoms with E-state index in [9.17, 15) is 4.79 Å². The molecule has 2 aromatic rings. The van der Waals surface area contributed by atoms with E-state index in [1.807, 2.05) is 50.2 Å². The van der Waals surface area contributed by atoms with Gasteiger partial charge in [0.1, 0.15) is 5.76 Å². The molecule has 1 atom stereocenters. The van der Waals surface area contributed by atoms with E-state index < -0.39 is 0 Å². The molecule has 0 unspecified atom stereocenters. The largest absolute Gasteiger partial charge is 0.361 e. The van der Waals surface area contributed by atoms with Crippen LogP contribution >= 0.6 is 11.3 Å². The number of aryl methyl sites for hydroxylation is 2. The maximum Gasteiger partial charge on any atom is 0.237 e. The number of carbonyl (C=O) groups is 1. The third kappa shape index (κ3) is 3.92. The Morgan fingerprint density at radius 2 is 2.29 bits per heavy atom. The van der Waals surface area contributed by atoms with Crippen molar-refractivity contribution in [3.05, 3.63) is 39.4 Å². The Kier molecular flexibility index (Phi) is 5.14. The van der Waals surface area contributed by atoms with Gasteiger partial charge in [-0.1, -0.05) is 11.2 Å². The zero-order valence-corrected chi connectivity index (χ0v) is 13.7. The van der Waals surface area contributed by atoms with Crippen molar-refractivity contribution in [2.24, 2.45) is 0 Å². The minimum Gasteiger partial charge on any atom is -0.361 e. The highest BCUT2D eigenvalue weighted by Crippen LogP contribution is 2.15. The Hall–Kier alpha value is -1.66. The molecule has 0 aliphatic heterocycles. The van der Waals surface area contributed by atoms with Crippen LogP contribution in [0, 0.1) is 13.8 Å². The highest BCUT2D eigenvalue weighted by molar-refractivity contribution is 7.09. The Balaban J connectivity index is 1.89. The van der Waals surface area contributed by atoms with E-state index in [0.29, 0.717) is 13.1 Å². The van der Waals surface area contributed by atoms with Crippen LogP contribution in [0.3, 0.4) is 0 Å².